The van der Waals surface area contributed by atoms with Crippen LogP contribution in [0.25, 0.3) is 0 Å². The van der Waals surface area contributed by atoms with Crippen molar-refractivity contribution in [2.24, 2.45) is 0 Å². The highest BCUT2D eigenvalue weighted by Gasteiger charge is 2.32. The average molecular weight is 323 g/mol. The summed E-state index contributed by atoms with van der Waals surface area (Å²) in [6.45, 7) is 2.70. The van der Waals surface area contributed by atoms with Crippen LogP contribution in [0.2, 0.25) is 5.02 Å². The van der Waals surface area contributed by atoms with E-state index < -0.39 is 0 Å². The highest BCUT2D eigenvalue weighted by atomic mass is 35.5. The summed E-state index contributed by atoms with van der Waals surface area (Å²) in [5.41, 5.74) is 0.718. The number of carbonyl (C=O) groups is 2. The largest absolute Gasteiger partial charge is 0.336 e. The predicted molar refractivity (Wildman–Crippen MR) is 85.2 cm³/mol. The lowest BCUT2D eigenvalue weighted by Gasteiger charge is -2.36. The molecule has 22 heavy (non-hydrogen) atoms. The monoisotopic (exact) mass is 322 g/mol. The number of halogens is 1. The second-order valence-corrected chi connectivity index (χ2v) is 6.04. The summed E-state index contributed by atoms with van der Waals surface area (Å²) < 4.78 is 0. The number of nitrogens with one attached hydrogen (secondary N) is 2. The highest BCUT2D eigenvalue weighted by molar-refractivity contribution is 6.30. The van der Waals surface area contributed by atoms with E-state index in [-0.39, 0.29) is 18.1 Å². The first-order chi connectivity index (χ1) is 10.6. The number of urea groups is 2. The number of nitrogens with zero attached hydrogens (tertiary/aromatic N) is 2. The molecule has 7 heteroatoms. The SMILES string of the molecule is O=C(Nc1ccc(Cl)cc1)N1CCCC(N2CCNC2=O)C1. The Labute approximate surface area is 134 Å². The van der Waals surface area contributed by atoms with Gasteiger partial charge in [-0.15, -0.1) is 0 Å². The zero-order chi connectivity index (χ0) is 15.5. The first-order valence-electron chi connectivity index (χ1n) is 7.49. The van der Waals surface area contributed by atoms with Crippen molar-refractivity contribution in [1.29, 1.82) is 0 Å². The smallest absolute Gasteiger partial charge is 0.321 e. The first-order valence-corrected chi connectivity index (χ1v) is 7.87. The fraction of sp³-hybridized carbons (Fsp3) is 0.467. The van der Waals surface area contributed by atoms with E-state index in [1.165, 1.54) is 0 Å². The Morgan fingerprint density at radius 3 is 2.73 bits per heavy atom. The molecule has 1 atom stereocenters. The zero-order valence-electron chi connectivity index (χ0n) is 12.2. The van der Waals surface area contributed by atoms with Gasteiger partial charge in [-0.25, -0.2) is 9.59 Å². The van der Waals surface area contributed by atoms with E-state index in [1.54, 1.807) is 29.2 Å². The molecule has 3 rings (SSSR count). The second-order valence-electron chi connectivity index (χ2n) is 5.60. The van der Waals surface area contributed by atoms with Crippen molar-refractivity contribution < 1.29 is 9.59 Å². The summed E-state index contributed by atoms with van der Waals surface area (Å²) in [6, 6.07) is 6.98. The van der Waals surface area contributed by atoms with Gasteiger partial charge in [0.15, 0.2) is 0 Å². The van der Waals surface area contributed by atoms with E-state index in [0.29, 0.717) is 24.7 Å². The van der Waals surface area contributed by atoms with Crippen molar-refractivity contribution >= 4 is 29.4 Å². The van der Waals surface area contributed by atoms with Crippen LogP contribution in [0.15, 0.2) is 24.3 Å². The topological polar surface area (TPSA) is 64.7 Å². The lowest BCUT2D eigenvalue weighted by molar-refractivity contribution is 0.139. The van der Waals surface area contributed by atoms with Gasteiger partial charge >= 0.3 is 12.1 Å². The molecule has 1 aromatic rings. The maximum absolute atomic E-state index is 12.4. The van der Waals surface area contributed by atoms with Crippen LogP contribution in [0, 0.1) is 0 Å². The van der Waals surface area contributed by atoms with Crippen molar-refractivity contribution in [2.45, 2.75) is 18.9 Å². The molecule has 118 valence electrons. The summed E-state index contributed by atoms with van der Waals surface area (Å²) >= 11 is 5.84. The number of amides is 4. The van der Waals surface area contributed by atoms with Gasteiger partial charge in [-0.1, -0.05) is 11.6 Å². The summed E-state index contributed by atoms with van der Waals surface area (Å²) in [5.74, 6) is 0. The van der Waals surface area contributed by atoms with Crippen molar-refractivity contribution in [3.8, 4) is 0 Å². The molecule has 1 unspecified atom stereocenters. The van der Waals surface area contributed by atoms with Crippen LogP contribution >= 0.6 is 11.6 Å². The van der Waals surface area contributed by atoms with Gasteiger partial charge in [0, 0.05) is 36.9 Å². The third kappa shape index (κ3) is 3.27. The van der Waals surface area contributed by atoms with Crippen molar-refractivity contribution in [3.63, 3.8) is 0 Å². The summed E-state index contributed by atoms with van der Waals surface area (Å²) in [4.78, 5) is 27.7. The standard InChI is InChI=1S/C15H19ClN4O2/c16-11-3-5-12(6-4-11)18-15(22)19-8-1-2-13(10-19)20-9-7-17-14(20)21/h3-6,13H,1-2,7-10H2,(H,17,21)(H,18,22). The summed E-state index contributed by atoms with van der Waals surface area (Å²) in [7, 11) is 0. The molecule has 0 aliphatic carbocycles. The number of carbonyl (C=O) groups excluding carboxylic acids is 2. The van der Waals surface area contributed by atoms with E-state index in [0.717, 1.165) is 25.1 Å². The van der Waals surface area contributed by atoms with Crippen LogP contribution in [0.3, 0.4) is 0 Å². The molecular formula is C15H19ClN4O2. The van der Waals surface area contributed by atoms with Gasteiger partial charge in [0.2, 0.25) is 0 Å². The maximum atomic E-state index is 12.4. The molecule has 2 heterocycles. The Bertz CT molecular complexity index is 563. The fourth-order valence-electron chi connectivity index (χ4n) is 2.96. The van der Waals surface area contributed by atoms with E-state index in [4.69, 9.17) is 11.6 Å². The molecule has 0 saturated carbocycles. The van der Waals surface area contributed by atoms with Gasteiger partial charge < -0.3 is 20.4 Å². The number of benzene rings is 1. The third-order valence-corrected chi connectivity index (χ3v) is 4.36. The lowest BCUT2D eigenvalue weighted by Crippen LogP contribution is -2.51. The van der Waals surface area contributed by atoms with Gasteiger partial charge in [-0.2, -0.15) is 0 Å². The Morgan fingerprint density at radius 2 is 2.05 bits per heavy atom. The van der Waals surface area contributed by atoms with E-state index in [9.17, 15) is 9.59 Å². The number of hydrogen-bond acceptors (Lipinski definition) is 2. The predicted octanol–water partition coefficient (Wildman–Crippen LogP) is 2.36. The lowest BCUT2D eigenvalue weighted by atomic mass is 10.0. The molecule has 0 radical (unpaired) electrons. The average Bonchev–Trinajstić information content (AvgIpc) is 2.96. The van der Waals surface area contributed by atoms with Crippen LogP contribution in [0.1, 0.15) is 12.8 Å². The van der Waals surface area contributed by atoms with Crippen LogP contribution in [0.5, 0.6) is 0 Å². The number of likely N-dealkylation sites (tertiary alicyclic amines) is 1. The minimum absolute atomic E-state index is 0.0232. The molecule has 2 N–H and O–H groups in total. The van der Waals surface area contributed by atoms with Crippen LogP contribution in [0.4, 0.5) is 15.3 Å². The number of piperidine rings is 1. The highest BCUT2D eigenvalue weighted by Crippen LogP contribution is 2.19. The molecular weight excluding hydrogens is 304 g/mol. The molecule has 2 fully saturated rings. The molecule has 6 nitrogen and oxygen atoms in total. The molecule has 2 saturated heterocycles. The Kier molecular flexibility index (Phi) is 4.38. The molecule has 1 aromatic carbocycles. The minimum atomic E-state index is -0.133. The molecule has 0 bridgehead atoms. The van der Waals surface area contributed by atoms with Crippen LogP contribution < -0.4 is 10.6 Å². The molecule has 2 aliphatic rings. The Morgan fingerprint density at radius 1 is 1.27 bits per heavy atom. The van der Waals surface area contributed by atoms with Crippen LogP contribution in [-0.2, 0) is 0 Å². The van der Waals surface area contributed by atoms with Crippen molar-refractivity contribution in [1.82, 2.24) is 15.1 Å². The molecule has 0 aromatic heterocycles. The molecule has 4 amide bonds. The normalized spacial score (nSPS) is 21.7. The number of anilines is 1. The van der Waals surface area contributed by atoms with Gasteiger partial charge in [0.1, 0.15) is 0 Å². The number of hydrogen-bond donors (Lipinski definition) is 2. The van der Waals surface area contributed by atoms with Crippen LogP contribution in [-0.4, -0.2) is 54.1 Å². The maximum Gasteiger partial charge on any atom is 0.321 e. The molecule has 2 aliphatic heterocycles. The molecule has 0 spiro atoms. The quantitative estimate of drug-likeness (QED) is 0.878. The Balaban J connectivity index is 1.60. The number of rotatable bonds is 2. The zero-order valence-corrected chi connectivity index (χ0v) is 13.0. The Hall–Kier alpha value is -1.95. The third-order valence-electron chi connectivity index (χ3n) is 4.11. The van der Waals surface area contributed by atoms with E-state index in [1.807, 2.05) is 4.90 Å². The van der Waals surface area contributed by atoms with E-state index >= 15 is 0 Å². The van der Waals surface area contributed by atoms with E-state index in [2.05, 4.69) is 10.6 Å². The summed E-state index contributed by atoms with van der Waals surface area (Å²) in [6.07, 6.45) is 1.85. The summed E-state index contributed by atoms with van der Waals surface area (Å²) in [5, 5.41) is 6.32. The first kappa shape index (κ1) is 15.0. The van der Waals surface area contributed by atoms with Crippen molar-refractivity contribution in [2.75, 3.05) is 31.5 Å². The van der Waals surface area contributed by atoms with Gasteiger partial charge in [-0.3, -0.25) is 0 Å². The van der Waals surface area contributed by atoms with Gasteiger partial charge in [-0.05, 0) is 37.1 Å². The van der Waals surface area contributed by atoms with Gasteiger partial charge in [0.25, 0.3) is 0 Å². The second kappa shape index (κ2) is 6.44. The minimum Gasteiger partial charge on any atom is -0.336 e. The fourth-order valence-corrected chi connectivity index (χ4v) is 3.09. The van der Waals surface area contributed by atoms with Gasteiger partial charge in [0.05, 0.1) is 6.04 Å². The van der Waals surface area contributed by atoms with Crippen molar-refractivity contribution in [3.05, 3.63) is 29.3 Å².